The van der Waals surface area contributed by atoms with Crippen LogP contribution < -0.4 is 0 Å². The Bertz CT molecular complexity index is 350. The average molecular weight is 219 g/mol. The van der Waals surface area contributed by atoms with Gasteiger partial charge in [0, 0.05) is 13.1 Å². The topological polar surface area (TPSA) is 40.5 Å². The minimum Gasteiger partial charge on any atom is -0.393 e. The summed E-state index contributed by atoms with van der Waals surface area (Å²) >= 11 is 0. The van der Waals surface area contributed by atoms with Gasteiger partial charge in [-0.15, -0.1) is 0 Å². The number of carbonyl (C=O) groups excluding carboxylic acids is 1. The third-order valence-electron chi connectivity index (χ3n) is 2.94. The zero-order valence-corrected chi connectivity index (χ0v) is 9.30. The summed E-state index contributed by atoms with van der Waals surface area (Å²) in [4.78, 5) is 13.6. The minimum atomic E-state index is -0.451. The van der Waals surface area contributed by atoms with E-state index in [9.17, 15) is 9.90 Å². The van der Waals surface area contributed by atoms with Crippen molar-refractivity contribution in [1.29, 1.82) is 0 Å². The molecule has 1 saturated heterocycles. The van der Waals surface area contributed by atoms with E-state index in [0.717, 1.165) is 24.9 Å². The van der Waals surface area contributed by atoms with Crippen LogP contribution in [0, 0.1) is 0 Å². The predicted octanol–water partition coefficient (Wildman–Crippen LogP) is 1.56. The van der Waals surface area contributed by atoms with Crippen molar-refractivity contribution >= 4 is 5.91 Å². The molecule has 1 aliphatic rings. The average Bonchev–Trinajstić information content (AvgIpc) is 2.43. The van der Waals surface area contributed by atoms with E-state index in [-0.39, 0.29) is 12.3 Å². The number of hydrogen-bond acceptors (Lipinski definition) is 2. The third kappa shape index (κ3) is 2.83. The third-order valence-corrected chi connectivity index (χ3v) is 2.94. The van der Waals surface area contributed by atoms with Crippen LogP contribution in [0.25, 0.3) is 0 Å². The molecule has 1 unspecified atom stereocenters. The molecule has 0 radical (unpaired) electrons. The molecule has 1 aliphatic heterocycles. The minimum absolute atomic E-state index is 0.0638. The summed E-state index contributed by atoms with van der Waals surface area (Å²) in [5, 5.41) is 9.50. The van der Waals surface area contributed by atoms with E-state index < -0.39 is 6.10 Å². The molecule has 1 atom stereocenters. The molecule has 0 saturated carbocycles. The molecule has 1 aromatic carbocycles. The van der Waals surface area contributed by atoms with Gasteiger partial charge in [0.1, 0.15) is 0 Å². The van der Waals surface area contributed by atoms with Gasteiger partial charge in [0.05, 0.1) is 12.5 Å². The first-order valence-corrected chi connectivity index (χ1v) is 5.75. The van der Waals surface area contributed by atoms with E-state index in [1.54, 1.807) is 0 Å². The molecule has 16 heavy (non-hydrogen) atoms. The lowest BCUT2D eigenvalue weighted by molar-refractivity contribution is -0.132. The van der Waals surface area contributed by atoms with E-state index >= 15 is 0 Å². The number of likely N-dealkylation sites (tertiary alicyclic amines) is 1. The highest BCUT2D eigenvalue weighted by molar-refractivity contribution is 5.76. The molecule has 1 N–H and O–H groups in total. The van der Waals surface area contributed by atoms with Crippen molar-refractivity contribution in [3.63, 3.8) is 0 Å². The van der Waals surface area contributed by atoms with Gasteiger partial charge in [-0.3, -0.25) is 4.79 Å². The van der Waals surface area contributed by atoms with E-state index in [1.807, 2.05) is 35.2 Å². The first-order valence-electron chi connectivity index (χ1n) is 5.75. The normalized spacial score (nSPS) is 21.9. The van der Waals surface area contributed by atoms with Gasteiger partial charge in [0.15, 0.2) is 0 Å². The summed E-state index contributed by atoms with van der Waals surface area (Å²) in [5.41, 5.74) is 1.15. The van der Waals surface area contributed by atoms with E-state index in [0.29, 0.717) is 6.54 Å². The van der Waals surface area contributed by atoms with Crippen LogP contribution >= 0.6 is 0 Å². The van der Waals surface area contributed by atoms with Gasteiger partial charge in [-0.25, -0.2) is 0 Å². The molecule has 0 aliphatic carbocycles. The maximum Gasteiger partial charge on any atom is 0.225 e. The maximum absolute atomic E-state index is 11.8. The van der Waals surface area contributed by atoms with Crippen LogP contribution in [0.5, 0.6) is 0 Å². The van der Waals surface area contributed by atoms with Crippen molar-refractivity contribution in [2.45, 2.75) is 31.9 Å². The summed E-state index contributed by atoms with van der Waals surface area (Å²) < 4.78 is 0. The second-order valence-corrected chi connectivity index (χ2v) is 4.30. The summed E-state index contributed by atoms with van der Waals surface area (Å²) in [6, 6.07) is 9.97. The molecule has 1 heterocycles. The summed E-state index contributed by atoms with van der Waals surface area (Å²) in [7, 11) is 0. The van der Waals surface area contributed by atoms with E-state index in [1.165, 1.54) is 0 Å². The van der Waals surface area contributed by atoms with Crippen LogP contribution in [-0.4, -0.2) is 28.6 Å². The smallest absolute Gasteiger partial charge is 0.225 e. The Morgan fingerprint density at radius 3 is 2.81 bits per heavy atom. The highest BCUT2D eigenvalue weighted by Gasteiger charge is 2.21. The number of nitrogens with zero attached hydrogens (tertiary/aromatic N) is 1. The molecule has 1 aromatic rings. The van der Waals surface area contributed by atoms with Gasteiger partial charge in [0.25, 0.3) is 0 Å². The van der Waals surface area contributed by atoms with Crippen LogP contribution in [-0.2, 0) is 11.3 Å². The number of aliphatic hydroxyl groups excluding tert-OH is 1. The molecular weight excluding hydrogens is 202 g/mol. The lowest BCUT2D eigenvalue weighted by Crippen LogP contribution is -2.30. The molecule has 86 valence electrons. The fourth-order valence-corrected chi connectivity index (χ4v) is 2.05. The molecule has 3 heteroatoms. The van der Waals surface area contributed by atoms with Gasteiger partial charge in [-0.05, 0) is 18.4 Å². The second kappa shape index (κ2) is 5.12. The van der Waals surface area contributed by atoms with Crippen molar-refractivity contribution in [1.82, 2.24) is 4.90 Å². The monoisotopic (exact) mass is 219 g/mol. The lowest BCUT2D eigenvalue weighted by atomic mass is 10.2. The highest BCUT2D eigenvalue weighted by atomic mass is 16.3. The van der Waals surface area contributed by atoms with Crippen LogP contribution in [0.1, 0.15) is 24.8 Å². The first-order chi connectivity index (χ1) is 7.75. The Hall–Kier alpha value is -1.35. The Labute approximate surface area is 95.7 Å². The zero-order chi connectivity index (χ0) is 11.4. The Balaban J connectivity index is 2.01. The number of aliphatic hydroxyl groups is 1. The van der Waals surface area contributed by atoms with Crippen molar-refractivity contribution in [3.05, 3.63) is 35.9 Å². The molecular formula is C13H17NO2. The fourth-order valence-electron chi connectivity index (χ4n) is 2.05. The van der Waals surface area contributed by atoms with Crippen molar-refractivity contribution in [2.24, 2.45) is 0 Å². The first kappa shape index (κ1) is 11.1. The second-order valence-electron chi connectivity index (χ2n) is 4.30. The molecule has 1 fully saturated rings. The molecule has 2 rings (SSSR count). The fraction of sp³-hybridized carbons (Fsp3) is 0.462. The molecule has 1 amide bonds. The summed E-state index contributed by atoms with van der Waals surface area (Å²) in [6.45, 7) is 1.41. The standard InChI is InChI=1S/C13H17NO2/c15-12-7-4-8-14(13(16)9-12)10-11-5-2-1-3-6-11/h1-3,5-6,12,15H,4,7-10H2. The van der Waals surface area contributed by atoms with Gasteiger partial charge in [-0.2, -0.15) is 0 Å². The number of carbonyl (C=O) groups is 1. The summed E-state index contributed by atoms with van der Waals surface area (Å²) in [5.74, 6) is 0.0638. The largest absolute Gasteiger partial charge is 0.393 e. The van der Waals surface area contributed by atoms with Crippen molar-refractivity contribution in [3.8, 4) is 0 Å². The highest BCUT2D eigenvalue weighted by Crippen LogP contribution is 2.14. The Morgan fingerprint density at radius 1 is 1.31 bits per heavy atom. The van der Waals surface area contributed by atoms with Crippen LogP contribution in [0.2, 0.25) is 0 Å². The number of amides is 1. The molecule has 0 spiro atoms. The molecule has 0 aromatic heterocycles. The van der Waals surface area contributed by atoms with Gasteiger partial charge >= 0.3 is 0 Å². The van der Waals surface area contributed by atoms with E-state index in [4.69, 9.17) is 0 Å². The Morgan fingerprint density at radius 2 is 2.06 bits per heavy atom. The Kier molecular flexibility index (Phi) is 3.57. The van der Waals surface area contributed by atoms with Crippen LogP contribution in [0.3, 0.4) is 0 Å². The number of rotatable bonds is 2. The quantitative estimate of drug-likeness (QED) is 0.820. The SMILES string of the molecule is O=C1CC(O)CCCN1Cc1ccccc1. The number of hydrogen-bond donors (Lipinski definition) is 1. The molecule has 3 nitrogen and oxygen atoms in total. The predicted molar refractivity (Wildman–Crippen MR) is 61.7 cm³/mol. The van der Waals surface area contributed by atoms with Crippen molar-refractivity contribution < 1.29 is 9.90 Å². The van der Waals surface area contributed by atoms with Gasteiger partial charge in [0.2, 0.25) is 5.91 Å². The lowest BCUT2D eigenvalue weighted by Gasteiger charge is -2.20. The van der Waals surface area contributed by atoms with E-state index in [2.05, 4.69) is 0 Å². The summed E-state index contributed by atoms with van der Waals surface area (Å²) in [6.07, 6.45) is 1.44. The van der Waals surface area contributed by atoms with Crippen molar-refractivity contribution in [2.75, 3.05) is 6.54 Å². The molecule has 0 bridgehead atoms. The van der Waals surface area contributed by atoms with Crippen LogP contribution in [0.4, 0.5) is 0 Å². The number of benzene rings is 1. The van der Waals surface area contributed by atoms with Crippen LogP contribution in [0.15, 0.2) is 30.3 Å². The van der Waals surface area contributed by atoms with Gasteiger partial charge < -0.3 is 10.0 Å². The zero-order valence-electron chi connectivity index (χ0n) is 9.30. The maximum atomic E-state index is 11.8. The van der Waals surface area contributed by atoms with Gasteiger partial charge in [-0.1, -0.05) is 30.3 Å².